The van der Waals surface area contributed by atoms with E-state index in [-0.39, 0.29) is 0 Å². The van der Waals surface area contributed by atoms with Gasteiger partial charge in [-0.3, -0.25) is 4.98 Å². The number of hydrogen-bond donors (Lipinski definition) is 0. The topological polar surface area (TPSA) is 22.1 Å². The Kier molecular flexibility index (Phi) is 2.93. The van der Waals surface area contributed by atoms with Crippen LogP contribution in [-0.4, -0.2) is 11.6 Å². The fourth-order valence-electron chi connectivity index (χ4n) is 1.40. The highest BCUT2D eigenvalue weighted by Gasteiger charge is 2.09. The van der Waals surface area contributed by atoms with Gasteiger partial charge in [0, 0.05) is 16.3 Å². The lowest BCUT2D eigenvalue weighted by Gasteiger charge is -2.06. The molecule has 0 radical (unpaired) electrons. The van der Waals surface area contributed by atoms with E-state index in [0.29, 0.717) is 12.4 Å². The fraction of sp³-hybridized carbons (Fsp3) is 0.182. The Morgan fingerprint density at radius 1 is 1.67 bits per heavy atom. The van der Waals surface area contributed by atoms with Crippen LogP contribution < -0.4 is 0 Å². The van der Waals surface area contributed by atoms with Crippen molar-refractivity contribution in [1.82, 2.24) is 4.98 Å². The number of halogens is 1. The summed E-state index contributed by atoms with van der Waals surface area (Å²) in [5.41, 5.74) is 0.775. The summed E-state index contributed by atoms with van der Waals surface area (Å²) >= 11 is 7.49. The minimum absolute atomic E-state index is 0.592. The molecule has 2 heterocycles. The van der Waals surface area contributed by atoms with Crippen molar-refractivity contribution in [3.63, 3.8) is 0 Å². The van der Waals surface area contributed by atoms with Gasteiger partial charge in [-0.05, 0) is 19.1 Å². The molecule has 0 aliphatic carbocycles. The van der Waals surface area contributed by atoms with Crippen molar-refractivity contribution in [2.75, 3.05) is 6.61 Å². The van der Waals surface area contributed by atoms with E-state index < -0.39 is 0 Å². The lowest BCUT2D eigenvalue weighted by Crippen LogP contribution is -1.93. The average Bonchev–Trinajstić information content (AvgIpc) is 2.57. The monoisotopic (exact) mass is 239 g/mol. The summed E-state index contributed by atoms with van der Waals surface area (Å²) in [5, 5.41) is 1.01. The molecular formula is C11H10ClNOS. The molecule has 0 aromatic carbocycles. The summed E-state index contributed by atoms with van der Waals surface area (Å²) in [6, 6.07) is 3.84. The Labute approximate surface area is 97.2 Å². The highest BCUT2D eigenvalue weighted by atomic mass is 35.5. The standard InChI is InChI=1S/C11H10ClNOS/c1-3-14-7(2)11-8-6-10(12)15-9(8)4-5-13-11/h4-6H,2-3H2,1H3. The van der Waals surface area contributed by atoms with Crippen LogP contribution in [0.2, 0.25) is 4.34 Å². The van der Waals surface area contributed by atoms with Crippen LogP contribution in [0.25, 0.3) is 15.8 Å². The molecular weight excluding hydrogens is 230 g/mol. The van der Waals surface area contributed by atoms with Gasteiger partial charge in [-0.1, -0.05) is 18.2 Å². The van der Waals surface area contributed by atoms with Gasteiger partial charge in [0.05, 0.1) is 10.9 Å². The Balaban J connectivity index is 2.55. The van der Waals surface area contributed by atoms with Crippen LogP contribution in [0.1, 0.15) is 12.6 Å². The molecule has 0 amide bonds. The summed E-state index contributed by atoms with van der Waals surface area (Å²) in [6.07, 6.45) is 1.74. The van der Waals surface area contributed by atoms with E-state index in [9.17, 15) is 0 Å². The van der Waals surface area contributed by atoms with Crippen LogP contribution in [0.15, 0.2) is 24.9 Å². The zero-order chi connectivity index (χ0) is 10.8. The number of hydrogen-bond acceptors (Lipinski definition) is 3. The van der Waals surface area contributed by atoms with Crippen molar-refractivity contribution in [3.8, 4) is 0 Å². The second-order valence-electron chi connectivity index (χ2n) is 2.98. The second kappa shape index (κ2) is 4.21. The Morgan fingerprint density at radius 3 is 3.20 bits per heavy atom. The number of nitrogens with zero attached hydrogens (tertiary/aromatic N) is 1. The van der Waals surface area contributed by atoms with Crippen LogP contribution in [-0.2, 0) is 4.74 Å². The molecule has 78 valence electrons. The maximum absolute atomic E-state index is 5.96. The number of fused-ring (bicyclic) bond motifs is 1. The molecule has 0 saturated heterocycles. The summed E-state index contributed by atoms with van der Waals surface area (Å²) in [4.78, 5) is 4.26. The minimum atomic E-state index is 0.592. The third kappa shape index (κ3) is 1.98. The van der Waals surface area contributed by atoms with E-state index in [0.717, 1.165) is 20.1 Å². The zero-order valence-corrected chi connectivity index (χ0v) is 9.86. The van der Waals surface area contributed by atoms with Gasteiger partial charge in [0.25, 0.3) is 0 Å². The van der Waals surface area contributed by atoms with Gasteiger partial charge in [-0.25, -0.2) is 0 Å². The maximum atomic E-state index is 5.96. The Hall–Kier alpha value is -1.06. The zero-order valence-electron chi connectivity index (χ0n) is 8.29. The molecule has 0 saturated carbocycles. The number of thiophene rings is 1. The van der Waals surface area contributed by atoms with Crippen LogP contribution in [0.5, 0.6) is 0 Å². The number of rotatable bonds is 3. The van der Waals surface area contributed by atoms with Crippen LogP contribution in [0.4, 0.5) is 0 Å². The first-order chi connectivity index (χ1) is 7.22. The minimum Gasteiger partial charge on any atom is -0.492 e. The molecule has 0 N–H and O–H groups in total. The second-order valence-corrected chi connectivity index (χ2v) is 4.69. The summed E-state index contributed by atoms with van der Waals surface area (Å²) in [5.74, 6) is 0.595. The van der Waals surface area contributed by atoms with E-state index in [1.54, 1.807) is 6.20 Å². The van der Waals surface area contributed by atoms with Crippen molar-refractivity contribution >= 4 is 38.8 Å². The van der Waals surface area contributed by atoms with E-state index in [2.05, 4.69) is 11.6 Å². The van der Waals surface area contributed by atoms with E-state index in [1.807, 2.05) is 19.1 Å². The molecule has 0 fully saturated rings. The quantitative estimate of drug-likeness (QED) is 0.757. The van der Waals surface area contributed by atoms with Crippen LogP contribution in [0, 0.1) is 0 Å². The van der Waals surface area contributed by atoms with Crippen molar-refractivity contribution in [1.29, 1.82) is 0 Å². The largest absolute Gasteiger partial charge is 0.492 e. The van der Waals surface area contributed by atoms with Crippen molar-refractivity contribution in [2.24, 2.45) is 0 Å². The van der Waals surface area contributed by atoms with Crippen LogP contribution >= 0.6 is 22.9 Å². The van der Waals surface area contributed by atoms with Crippen molar-refractivity contribution < 1.29 is 4.74 Å². The van der Waals surface area contributed by atoms with Gasteiger partial charge in [0.2, 0.25) is 0 Å². The first kappa shape index (κ1) is 10.5. The molecule has 0 atom stereocenters. The van der Waals surface area contributed by atoms with Crippen molar-refractivity contribution in [3.05, 3.63) is 34.9 Å². The lowest BCUT2D eigenvalue weighted by molar-refractivity contribution is 0.298. The summed E-state index contributed by atoms with van der Waals surface area (Å²) in [7, 11) is 0. The normalized spacial score (nSPS) is 10.5. The molecule has 2 aromatic rings. The average molecular weight is 240 g/mol. The first-order valence-corrected chi connectivity index (χ1v) is 5.78. The highest BCUT2D eigenvalue weighted by molar-refractivity contribution is 7.22. The number of aromatic nitrogens is 1. The van der Waals surface area contributed by atoms with Gasteiger partial charge in [0.15, 0.2) is 0 Å². The molecule has 2 aromatic heterocycles. The van der Waals surface area contributed by atoms with Gasteiger partial charge in [-0.2, -0.15) is 0 Å². The molecule has 15 heavy (non-hydrogen) atoms. The number of pyridine rings is 1. The Morgan fingerprint density at radius 2 is 2.47 bits per heavy atom. The number of ether oxygens (including phenoxy) is 1. The first-order valence-electron chi connectivity index (χ1n) is 4.58. The summed E-state index contributed by atoms with van der Waals surface area (Å²) in [6.45, 7) is 6.37. The predicted molar refractivity (Wildman–Crippen MR) is 65.3 cm³/mol. The molecule has 2 rings (SSSR count). The van der Waals surface area contributed by atoms with Gasteiger partial charge in [-0.15, -0.1) is 11.3 Å². The van der Waals surface area contributed by atoms with E-state index >= 15 is 0 Å². The van der Waals surface area contributed by atoms with E-state index in [4.69, 9.17) is 16.3 Å². The maximum Gasteiger partial charge on any atom is 0.138 e. The molecule has 2 nitrogen and oxygen atoms in total. The fourth-order valence-corrected chi connectivity index (χ4v) is 2.54. The van der Waals surface area contributed by atoms with Gasteiger partial charge < -0.3 is 4.74 Å². The smallest absolute Gasteiger partial charge is 0.138 e. The molecule has 4 heteroatoms. The molecule has 0 aliphatic rings. The van der Waals surface area contributed by atoms with Crippen molar-refractivity contribution in [2.45, 2.75) is 6.92 Å². The predicted octanol–water partition coefficient (Wildman–Crippen LogP) is 3.96. The van der Waals surface area contributed by atoms with Gasteiger partial charge >= 0.3 is 0 Å². The molecule has 0 bridgehead atoms. The molecule has 0 unspecified atom stereocenters. The van der Waals surface area contributed by atoms with E-state index in [1.165, 1.54) is 11.3 Å². The lowest BCUT2D eigenvalue weighted by atomic mass is 10.2. The Bertz CT molecular complexity index is 506. The molecule has 0 aliphatic heterocycles. The highest BCUT2D eigenvalue weighted by Crippen LogP contribution is 2.32. The third-order valence-electron chi connectivity index (χ3n) is 2.00. The SMILES string of the molecule is C=C(OCC)c1nccc2sc(Cl)cc12. The third-order valence-corrected chi connectivity index (χ3v) is 3.23. The molecule has 0 spiro atoms. The van der Waals surface area contributed by atoms with Crippen LogP contribution in [0.3, 0.4) is 0 Å². The van der Waals surface area contributed by atoms with Gasteiger partial charge in [0.1, 0.15) is 11.5 Å². The summed E-state index contributed by atoms with van der Waals surface area (Å²) < 4.78 is 7.21.